The van der Waals surface area contributed by atoms with E-state index < -0.39 is 0 Å². The summed E-state index contributed by atoms with van der Waals surface area (Å²) in [6, 6.07) is 8.42. The maximum Gasteiger partial charge on any atom is 0.0739 e. The normalized spacial score (nSPS) is 11.4. The molecule has 0 amide bonds. The fourth-order valence-electron chi connectivity index (χ4n) is 1.53. The molecular formula is C12H19NO3. The highest BCUT2D eigenvalue weighted by Crippen LogP contribution is 2.16. The first-order valence-electron chi connectivity index (χ1n) is 5.49. The molecule has 16 heavy (non-hydrogen) atoms. The molecule has 0 saturated carbocycles. The van der Waals surface area contributed by atoms with Crippen molar-refractivity contribution >= 4 is 0 Å². The van der Waals surface area contributed by atoms with Crippen molar-refractivity contribution in [2.75, 3.05) is 6.61 Å². The predicted octanol–water partition coefficient (Wildman–Crippen LogP) is 2.75. The Balaban J connectivity index is 2.39. The molecule has 0 heterocycles. The van der Waals surface area contributed by atoms with Crippen LogP contribution in [-0.4, -0.2) is 22.4 Å². The van der Waals surface area contributed by atoms with Crippen molar-refractivity contribution in [3.05, 3.63) is 35.4 Å². The lowest BCUT2D eigenvalue weighted by Crippen LogP contribution is -2.15. The summed E-state index contributed by atoms with van der Waals surface area (Å²) in [6.07, 6.45) is 1.62. The third-order valence-electron chi connectivity index (χ3n) is 2.43. The van der Waals surface area contributed by atoms with Crippen molar-refractivity contribution in [2.24, 2.45) is 0 Å². The van der Waals surface area contributed by atoms with Crippen LogP contribution in [0.15, 0.2) is 24.3 Å². The van der Waals surface area contributed by atoms with E-state index in [1.165, 1.54) is 11.1 Å². The molecule has 0 spiro atoms. The van der Waals surface area contributed by atoms with E-state index in [1.54, 1.807) is 0 Å². The second-order valence-electron chi connectivity index (χ2n) is 4.09. The third-order valence-corrected chi connectivity index (χ3v) is 2.43. The molecule has 0 radical (unpaired) electrons. The molecule has 1 rings (SSSR count). The van der Waals surface area contributed by atoms with Crippen LogP contribution in [0.4, 0.5) is 0 Å². The molecule has 0 unspecified atom stereocenters. The molecular weight excluding hydrogens is 206 g/mol. The number of hydrogen-bond donors (Lipinski definition) is 2. The van der Waals surface area contributed by atoms with Crippen LogP contribution >= 0.6 is 0 Å². The van der Waals surface area contributed by atoms with Gasteiger partial charge in [0.05, 0.1) is 12.0 Å². The molecule has 4 heteroatoms. The van der Waals surface area contributed by atoms with E-state index in [-0.39, 0.29) is 5.39 Å². The topological polar surface area (TPSA) is 52.9 Å². The van der Waals surface area contributed by atoms with Crippen LogP contribution in [0.3, 0.4) is 0 Å². The Kier molecular flexibility index (Phi) is 5.42. The first-order chi connectivity index (χ1) is 7.59. The van der Waals surface area contributed by atoms with E-state index in [1.807, 2.05) is 0 Å². The zero-order chi connectivity index (χ0) is 12.0. The summed E-state index contributed by atoms with van der Waals surface area (Å²) in [5, 5.41) is 16.4. The maximum atomic E-state index is 8.33. The Hall–Kier alpha value is -0.940. The van der Waals surface area contributed by atoms with E-state index in [0.29, 0.717) is 12.5 Å². The summed E-state index contributed by atoms with van der Waals surface area (Å²) < 4.78 is 0. The number of rotatable bonds is 6. The molecule has 1 aromatic carbocycles. The van der Waals surface area contributed by atoms with Gasteiger partial charge in [-0.15, -0.1) is 0 Å². The highest BCUT2D eigenvalue weighted by atomic mass is 17.1. The van der Waals surface area contributed by atoms with Crippen LogP contribution < -0.4 is 0 Å². The quantitative estimate of drug-likeness (QED) is 0.577. The van der Waals surface area contributed by atoms with Gasteiger partial charge in [-0.25, -0.2) is 0 Å². The van der Waals surface area contributed by atoms with Gasteiger partial charge >= 0.3 is 0 Å². The first-order valence-corrected chi connectivity index (χ1v) is 5.49. The number of benzene rings is 1. The van der Waals surface area contributed by atoms with Gasteiger partial charge in [0.25, 0.3) is 0 Å². The molecule has 2 N–H and O–H groups in total. The molecule has 1 aromatic rings. The van der Waals surface area contributed by atoms with Crippen molar-refractivity contribution in [1.82, 2.24) is 5.39 Å². The molecule has 0 aliphatic heterocycles. The minimum absolute atomic E-state index is 0.245. The van der Waals surface area contributed by atoms with Crippen LogP contribution in [0.1, 0.15) is 37.3 Å². The van der Waals surface area contributed by atoms with Crippen LogP contribution in [0.5, 0.6) is 0 Å². The molecule has 0 aromatic heterocycles. The minimum atomic E-state index is -0.245. The smallest absolute Gasteiger partial charge is 0.0739 e. The highest BCUT2D eigenvalue weighted by molar-refractivity contribution is 5.25. The average molecular weight is 225 g/mol. The second kappa shape index (κ2) is 6.60. The van der Waals surface area contributed by atoms with Gasteiger partial charge in [-0.3, -0.25) is 15.3 Å². The van der Waals surface area contributed by atoms with Gasteiger partial charge in [0.1, 0.15) is 0 Å². The lowest BCUT2D eigenvalue weighted by atomic mass is 9.99. The van der Waals surface area contributed by atoms with Gasteiger partial charge in [0.15, 0.2) is 0 Å². The van der Waals surface area contributed by atoms with Gasteiger partial charge < -0.3 is 0 Å². The third kappa shape index (κ3) is 4.72. The molecule has 4 nitrogen and oxygen atoms in total. The lowest BCUT2D eigenvalue weighted by Gasteiger charge is -2.09. The zero-order valence-electron chi connectivity index (χ0n) is 9.76. The number of aryl methyl sites for hydroxylation is 1. The van der Waals surface area contributed by atoms with Gasteiger partial charge in [-0.1, -0.05) is 38.1 Å². The SMILES string of the molecule is CC(C)c1cccc(CCCON(O)O)c1. The first kappa shape index (κ1) is 13.1. The van der Waals surface area contributed by atoms with Crippen LogP contribution in [-0.2, 0) is 11.3 Å². The Labute approximate surface area is 95.9 Å². The maximum absolute atomic E-state index is 8.33. The molecule has 0 bridgehead atoms. The predicted molar refractivity (Wildman–Crippen MR) is 60.2 cm³/mol. The Morgan fingerprint density at radius 2 is 2.06 bits per heavy atom. The summed E-state index contributed by atoms with van der Waals surface area (Å²) in [5.41, 5.74) is 2.57. The molecule has 90 valence electrons. The Bertz CT molecular complexity index is 313. The molecule has 0 aliphatic carbocycles. The largest absolute Gasteiger partial charge is 0.266 e. The van der Waals surface area contributed by atoms with Crippen molar-refractivity contribution < 1.29 is 15.3 Å². The molecule has 0 saturated heterocycles. The summed E-state index contributed by atoms with van der Waals surface area (Å²) in [7, 11) is 0. The Morgan fingerprint density at radius 1 is 1.31 bits per heavy atom. The van der Waals surface area contributed by atoms with Gasteiger partial charge in [-0.05, 0) is 29.9 Å². The minimum Gasteiger partial charge on any atom is -0.266 e. The summed E-state index contributed by atoms with van der Waals surface area (Å²) >= 11 is 0. The van der Waals surface area contributed by atoms with E-state index in [9.17, 15) is 0 Å². The van der Waals surface area contributed by atoms with Crippen LogP contribution in [0, 0.1) is 0 Å². The fraction of sp³-hybridized carbons (Fsp3) is 0.500. The standard InChI is InChI=1S/C12H19NO3/c1-10(2)12-7-3-5-11(9-12)6-4-8-16-13(14)15/h3,5,7,9-10,14-15H,4,6,8H2,1-2H3. The number of hydrogen-bond acceptors (Lipinski definition) is 4. The second-order valence-corrected chi connectivity index (χ2v) is 4.09. The van der Waals surface area contributed by atoms with Crippen molar-refractivity contribution in [1.29, 1.82) is 0 Å². The molecule has 0 aliphatic rings. The summed E-state index contributed by atoms with van der Waals surface area (Å²) in [4.78, 5) is 4.49. The van der Waals surface area contributed by atoms with Crippen molar-refractivity contribution in [3.63, 3.8) is 0 Å². The van der Waals surface area contributed by atoms with Crippen LogP contribution in [0.25, 0.3) is 0 Å². The van der Waals surface area contributed by atoms with Crippen molar-refractivity contribution in [2.45, 2.75) is 32.6 Å². The monoisotopic (exact) mass is 225 g/mol. The van der Waals surface area contributed by atoms with Crippen LogP contribution in [0.2, 0.25) is 0 Å². The van der Waals surface area contributed by atoms with Gasteiger partial charge in [-0.2, -0.15) is 0 Å². The van der Waals surface area contributed by atoms with E-state index >= 15 is 0 Å². The van der Waals surface area contributed by atoms with E-state index in [4.69, 9.17) is 10.4 Å². The Morgan fingerprint density at radius 3 is 2.69 bits per heavy atom. The lowest BCUT2D eigenvalue weighted by molar-refractivity contribution is -0.492. The molecule has 0 fully saturated rings. The zero-order valence-corrected chi connectivity index (χ0v) is 9.76. The van der Waals surface area contributed by atoms with E-state index in [0.717, 1.165) is 12.8 Å². The number of nitrogens with zero attached hydrogens (tertiary/aromatic N) is 1. The van der Waals surface area contributed by atoms with Crippen molar-refractivity contribution in [3.8, 4) is 0 Å². The summed E-state index contributed by atoms with van der Waals surface area (Å²) in [5.74, 6) is 0.529. The highest BCUT2D eigenvalue weighted by Gasteiger charge is 2.01. The van der Waals surface area contributed by atoms with Gasteiger partial charge in [0.2, 0.25) is 0 Å². The summed E-state index contributed by atoms with van der Waals surface area (Å²) in [6.45, 7) is 4.62. The van der Waals surface area contributed by atoms with Gasteiger partial charge in [0, 0.05) is 0 Å². The molecule has 0 atom stereocenters. The average Bonchev–Trinajstić information content (AvgIpc) is 2.24. The fourth-order valence-corrected chi connectivity index (χ4v) is 1.53. The van der Waals surface area contributed by atoms with E-state index in [2.05, 4.69) is 43.0 Å².